The van der Waals surface area contributed by atoms with Crippen molar-refractivity contribution in [3.8, 4) is 0 Å². The molecule has 27 heavy (non-hydrogen) atoms. The predicted octanol–water partition coefficient (Wildman–Crippen LogP) is 2.97. The molecular weight excluding hydrogens is 364 g/mol. The first-order valence-corrected chi connectivity index (χ1v) is 10.5. The number of carboxylic acid groups (broad SMARTS) is 1. The fraction of sp³-hybridized carbons (Fsp3) is 0.550. The number of rotatable bonds is 4. The van der Waals surface area contributed by atoms with Gasteiger partial charge in [-0.05, 0) is 49.5 Å². The molecule has 3 aliphatic carbocycles. The maximum atomic E-state index is 13.0. The van der Waals surface area contributed by atoms with Crippen molar-refractivity contribution in [2.75, 3.05) is 5.32 Å². The topological polar surface area (TPSA) is 109 Å². The third kappa shape index (κ3) is 3.18. The second-order valence-corrected chi connectivity index (χ2v) is 8.92. The van der Waals surface area contributed by atoms with Crippen molar-refractivity contribution in [1.29, 1.82) is 0 Å². The van der Waals surface area contributed by atoms with E-state index in [1.165, 1.54) is 17.8 Å². The van der Waals surface area contributed by atoms with Crippen LogP contribution in [0.25, 0.3) is 0 Å². The number of fused-ring (bicyclic) bond motifs is 3. The lowest BCUT2D eigenvalue weighted by atomic mass is 9.82. The Bertz CT molecular complexity index is 828. The van der Waals surface area contributed by atoms with E-state index >= 15 is 0 Å². The summed E-state index contributed by atoms with van der Waals surface area (Å²) in [6.07, 6.45) is 10.6. The van der Waals surface area contributed by atoms with Crippen LogP contribution in [0.4, 0.5) is 5.00 Å². The summed E-state index contributed by atoms with van der Waals surface area (Å²) in [5, 5.41) is 13.0. The van der Waals surface area contributed by atoms with E-state index in [1.807, 2.05) is 12.2 Å². The van der Waals surface area contributed by atoms with Gasteiger partial charge in [-0.15, -0.1) is 11.3 Å². The summed E-state index contributed by atoms with van der Waals surface area (Å²) in [5.74, 6) is -3.18. The molecular formula is C20H24N2O4S. The second-order valence-electron chi connectivity index (χ2n) is 7.81. The third-order valence-corrected chi connectivity index (χ3v) is 7.41. The SMILES string of the molecule is NC(=O)c1c(NC(=O)[C@H]2[C@H](C(=O)O)[C@H]3C=C[C@H]2C3)sc2c1CCCCCC2. The first-order valence-electron chi connectivity index (χ1n) is 9.63. The van der Waals surface area contributed by atoms with Gasteiger partial charge in [-0.3, -0.25) is 14.4 Å². The number of carbonyl (C=O) groups excluding carboxylic acids is 2. The smallest absolute Gasteiger partial charge is 0.307 e. The van der Waals surface area contributed by atoms with Crippen LogP contribution in [-0.2, 0) is 22.4 Å². The Kier molecular flexibility index (Phi) is 4.80. The third-order valence-electron chi connectivity index (χ3n) is 6.20. The summed E-state index contributed by atoms with van der Waals surface area (Å²) in [4.78, 5) is 37.9. The molecule has 4 N–H and O–H groups in total. The fourth-order valence-electron chi connectivity index (χ4n) is 4.98. The molecule has 6 nitrogen and oxygen atoms in total. The number of aliphatic carboxylic acids is 1. The standard InChI is InChI=1S/C20H24N2O4S/c21-17(23)16-12-5-3-1-2-4-6-13(12)27-19(16)22-18(24)14-10-7-8-11(9-10)15(14)20(25)26/h7-8,10-11,14-15H,1-6,9H2,(H2,21,23)(H,22,24)(H,25,26)/t10-,11-,14+,15+/m0/s1. The van der Waals surface area contributed by atoms with Gasteiger partial charge in [0, 0.05) is 4.88 Å². The molecule has 144 valence electrons. The zero-order chi connectivity index (χ0) is 19.1. The van der Waals surface area contributed by atoms with Gasteiger partial charge in [0.2, 0.25) is 5.91 Å². The van der Waals surface area contributed by atoms with Crippen molar-refractivity contribution in [1.82, 2.24) is 0 Å². The van der Waals surface area contributed by atoms with Gasteiger partial charge in [0.05, 0.1) is 17.4 Å². The highest BCUT2D eigenvalue weighted by Gasteiger charge is 2.51. The van der Waals surface area contributed by atoms with Crippen LogP contribution in [0.2, 0.25) is 0 Å². The molecule has 7 heteroatoms. The van der Waals surface area contributed by atoms with Crippen LogP contribution in [0, 0.1) is 23.7 Å². The minimum absolute atomic E-state index is 0.0471. The molecule has 1 aromatic heterocycles. The molecule has 2 amide bonds. The Labute approximate surface area is 161 Å². The monoisotopic (exact) mass is 388 g/mol. The fourth-order valence-corrected chi connectivity index (χ4v) is 6.28. The number of aryl methyl sites for hydroxylation is 1. The van der Waals surface area contributed by atoms with Crippen molar-refractivity contribution in [3.63, 3.8) is 0 Å². The van der Waals surface area contributed by atoms with Gasteiger partial charge in [0.1, 0.15) is 5.00 Å². The number of carbonyl (C=O) groups is 3. The summed E-state index contributed by atoms with van der Waals surface area (Å²) in [6, 6.07) is 0. The number of hydrogen-bond donors (Lipinski definition) is 3. The molecule has 0 spiro atoms. The highest BCUT2D eigenvalue weighted by Crippen LogP contribution is 2.49. The molecule has 1 saturated carbocycles. The van der Waals surface area contributed by atoms with Gasteiger partial charge in [-0.1, -0.05) is 25.0 Å². The molecule has 4 rings (SSSR count). The normalized spacial score (nSPS) is 29.0. The van der Waals surface area contributed by atoms with Crippen molar-refractivity contribution in [2.45, 2.75) is 44.9 Å². The summed E-state index contributed by atoms with van der Waals surface area (Å²) in [5.41, 5.74) is 7.05. The number of hydrogen-bond acceptors (Lipinski definition) is 4. The van der Waals surface area contributed by atoms with Crippen LogP contribution in [0.15, 0.2) is 12.2 Å². The Hall–Kier alpha value is -2.15. The Morgan fingerprint density at radius 2 is 1.70 bits per heavy atom. The first kappa shape index (κ1) is 18.2. The van der Waals surface area contributed by atoms with E-state index in [4.69, 9.17) is 5.73 Å². The number of nitrogens with two attached hydrogens (primary N) is 1. The summed E-state index contributed by atoms with van der Waals surface area (Å²) in [7, 11) is 0. The van der Waals surface area contributed by atoms with Crippen LogP contribution in [-0.4, -0.2) is 22.9 Å². The summed E-state index contributed by atoms with van der Waals surface area (Å²) in [6.45, 7) is 0. The van der Waals surface area contributed by atoms with E-state index in [9.17, 15) is 19.5 Å². The molecule has 1 aromatic rings. The van der Waals surface area contributed by atoms with Crippen LogP contribution >= 0.6 is 11.3 Å². The average Bonchev–Trinajstić information content (AvgIpc) is 3.27. The van der Waals surface area contributed by atoms with E-state index in [0.717, 1.165) is 42.5 Å². The van der Waals surface area contributed by atoms with Gasteiger partial charge in [-0.2, -0.15) is 0 Å². The molecule has 1 fully saturated rings. The molecule has 0 aliphatic heterocycles. The lowest BCUT2D eigenvalue weighted by molar-refractivity contribution is -0.146. The van der Waals surface area contributed by atoms with E-state index in [-0.39, 0.29) is 17.7 Å². The zero-order valence-electron chi connectivity index (χ0n) is 15.1. The zero-order valence-corrected chi connectivity index (χ0v) is 15.9. The minimum atomic E-state index is -0.930. The quantitative estimate of drug-likeness (QED) is 0.689. The molecule has 0 unspecified atom stereocenters. The van der Waals surface area contributed by atoms with Crippen molar-refractivity contribution in [2.24, 2.45) is 29.4 Å². The van der Waals surface area contributed by atoms with Crippen LogP contribution in [0.5, 0.6) is 0 Å². The van der Waals surface area contributed by atoms with E-state index in [1.54, 1.807) is 0 Å². The largest absolute Gasteiger partial charge is 0.481 e. The maximum Gasteiger partial charge on any atom is 0.307 e. The van der Waals surface area contributed by atoms with E-state index in [2.05, 4.69) is 5.32 Å². The molecule has 0 radical (unpaired) electrons. The number of thiophene rings is 1. The highest BCUT2D eigenvalue weighted by molar-refractivity contribution is 7.17. The molecule has 0 aromatic carbocycles. The van der Waals surface area contributed by atoms with Crippen molar-refractivity contribution >= 4 is 34.1 Å². The van der Waals surface area contributed by atoms with Gasteiger partial charge in [-0.25, -0.2) is 0 Å². The number of allylic oxidation sites excluding steroid dienone is 2. The Morgan fingerprint density at radius 1 is 1.04 bits per heavy atom. The van der Waals surface area contributed by atoms with Crippen LogP contribution in [0.3, 0.4) is 0 Å². The van der Waals surface area contributed by atoms with E-state index in [0.29, 0.717) is 17.0 Å². The Balaban J connectivity index is 1.63. The van der Waals surface area contributed by atoms with Crippen LogP contribution < -0.4 is 11.1 Å². The second kappa shape index (κ2) is 7.11. The number of primary amides is 1. The van der Waals surface area contributed by atoms with Gasteiger partial charge in [0.15, 0.2) is 0 Å². The van der Waals surface area contributed by atoms with E-state index < -0.39 is 23.7 Å². The van der Waals surface area contributed by atoms with Crippen molar-refractivity contribution in [3.05, 3.63) is 28.2 Å². The molecule has 1 heterocycles. The maximum absolute atomic E-state index is 13.0. The predicted molar refractivity (Wildman–Crippen MR) is 103 cm³/mol. The number of anilines is 1. The summed E-state index contributed by atoms with van der Waals surface area (Å²) >= 11 is 1.43. The number of nitrogens with one attached hydrogen (secondary N) is 1. The van der Waals surface area contributed by atoms with Gasteiger partial charge < -0.3 is 16.2 Å². The molecule has 4 atom stereocenters. The molecule has 0 saturated heterocycles. The van der Waals surface area contributed by atoms with Crippen molar-refractivity contribution < 1.29 is 19.5 Å². The minimum Gasteiger partial charge on any atom is -0.481 e. The van der Waals surface area contributed by atoms with Crippen LogP contribution in [0.1, 0.15) is 52.9 Å². The van der Waals surface area contributed by atoms with Gasteiger partial charge in [0.25, 0.3) is 5.91 Å². The number of carboxylic acids is 1. The summed E-state index contributed by atoms with van der Waals surface area (Å²) < 4.78 is 0. The Morgan fingerprint density at radius 3 is 2.37 bits per heavy atom. The lowest BCUT2D eigenvalue weighted by Crippen LogP contribution is -2.36. The molecule has 3 aliphatic rings. The average molecular weight is 388 g/mol. The number of amides is 2. The highest BCUT2D eigenvalue weighted by atomic mass is 32.1. The van der Waals surface area contributed by atoms with Gasteiger partial charge >= 0.3 is 5.97 Å². The lowest BCUT2D eigenvalue weighted by Gasteiger charge is -2.23. The first-order chi connectivity index (χ1) is 13.0. The molecule has 2 bridgehead atoms.